The Hall–Kier alpha value is -3.74. The van der Waals surface area contributed by atoms with E-state index < -0.39 is 0 Å². The lowest BCUT2D eigenvalue weighted by Crippen LogP contribution is -2.60. The number of nitrogen functional groups attached to an aromatic ring is 1. The first-order chi connectivity index (χ1) is 14.5. The van der Waals surface area contributed by atoms with Crippen LogP contribution >= 0.6 is 0 Å². The molecule has 1 aliphatic heterocycles. The summed E-state index contributed by atoms with van der Waals surface area (Å²) in [7, 11) is 0. The summed E-state index contributed by atoms with van der Waals surface area (Å²) >= 11 is 0. The van der Waals surface area contributed by atoms with Crippen molar-refractivity contribution in [3.05, 3.63) is 71.7 Å². The van der Waals surface area contributed by atoms with Crippen molar-refractivity contribution in [2.75, 3.05) is 18.8 Å². The van der Waals surface area contributed by atoms with Crippen molar-refractivity contribution in [3.8, 4) is 11.1 Å². The quantitative estimate of drug-likeness (QED) is 0.702. The lowest BCUT2D eigenvalue weighted by atomic mass is 9.99. The van der Waals surface area contributed by atoms with Crippen LogP contribution in [0.4, 0.5) is 10.2 Å². The second-order valence-corrected chi connectivity index (χ2v) is 7.64. The fourth-order valence-electron chi connectivity index (χ4n) is 3.72. The third-order valence-corrected chi connectivity index (χ3v) is 5.51. The van der Waals surface area contributed by atoms with Crippen LogP contribution in [0.1, 0.15) is 16.8 Å². The summed E-state index contributed by atoms with van der Waals surface area (Å²) in [4.78, 5) is 30.7. The summed E-state index contributed by atoms with van der Waals surface area (Å²) in [6.07, 6.45) is 4.14. The molecule has 0 radical (unpaired) electrons. The van der Waals surface area contributed by atoms with Gasteiger partial charge in [-0.2, -0.15) is 0 Å². The number of nitrogens with one attached hydrogen (secondary N) is 1. The van der Waals surface area contributed by atoms with Crippen molar-refractivity contribution in [2.45, 2.75) is 12.5 Å². The van der Waals surface area contributed by atoms with Gasteiger partial charge in [0, 0.05) is 30.2 Å². The number of hydrogen-bond acceptors (Lipinski definition) is 4. The normalized spacial score (nSPS) is 15.5. The minimum atomic E-state index is -0.321. The van der Waals surface area contributed by atoms with E-state index in [9.17, 15) is 14.0 Å². The molecule has 2 aromatic carbocycles. The first-order valence-corrected chi connectivity index (χ1v) is 9.73. The number of carbonyl (C=O) groups excluding carboxylic acids is 2. The average Bonchev–Trinajstić information content (AvgIpc) is 3.55. The van der Waals surface area contributed by atoms with Crippen LogP contribution in [0.5, 0.6) is 0 Å². The molecule has 0 atom stereocenters. The summed E-state index contributed by atoms with van der Waals surface area (Å²) in [5, 5.41) is 4.27. The Kier molecular flexibility index (Phi) is 4.24. The standard InChI is InChI=1S/C23H19FN4O2/c24-16-3-1-2-14(8-16)15-6-7-18-19(9-15)21(25)26-10-20(18)22(29)27-17-11-28(12-17)23(30)13-4-5-13/h1-4,6-10,17H,5,11-12H2,(H2,25,26)(H,27,29). The topological polar surface area (TPSA) is 88.3 Å². The maximum absolute atomic E-state index is 13.6. The van der Waals surface area contributed by atoms with Crippen molar-refractivity contribution >= 4 is 28.4 Å². The Morgan fingerprint density at radius 2 is 1.87 bits per heavy atom. The van der Waals surface area contributed by atoms with Gasteiger partial charge >= 0.3 is 0 Å². The van der Waals surface area contributed by atoms with Crippen molar-refractivity contribution < 1.29 is 14.0 Å². The number of fused-ring (bicyclic) bond motifs is 1. The molecule has 6 nitrogen and oxygen atoms in total. The average molecular weight is 402 g/mol. The molecule has 2 aliphatic rings. The highest BCUT2D eigenvalue weighted by molar-refractivity contribution is 6.10. The van der Waals surface area contributed by atoms with Crippen LogP contribution in [0, 0.1) is 5.82 Å². The van der Waals surface area contributed by atoms with Crippen LogP contribution < -0.4 is 11.1 Å². The molecular formula is C23H19FN4O2. The molecule has 3 N–H and O–H groups in total. The van der Waals surface area contributed by atoms with Gasteiger partial charge in [-0.1, -0.05) is 30.3 Å². The van der Waals surface area contributed by atoms with E-state index in [1.54, 1.807) is 17.0 Å². The molecule has 1 aromatic heterocycles. The van der Waals surface area contributed by atoms with Gasteiger partial charge in [0.15, 0.2) is 0 Å². The van der Waals surface area contributed by atoms with E-state index >= 15 is 0 Å². The Morgan fingerprint density at radius 1 is 1.10 bits per heavy atom. The van der Waals surface area contributed by atoms with E-state index in [-0.39, 0.29) is 23.7 Å². The van der Waals surface area contributed by atoms with Crippen LogP contribution in [-0.2, 0) is 4.79 Å². The molecule has 3 aromatic rings. The zero-order valence-electron chi connectivity index (χ0n) is 16.1. The summed E-state index contributed by atoms with van der Waals surface area (Å²) in [6.45, 7) is 1.01. The monoisotopic (exact) mass is 402 g/mol. The van der Waals surface area contributed by atoms with Gasteiger partial charge in [-0.05, 0) is 41.1 Å². The molecule has 30 heavy (non-hydrogen) atoms. The predicted molar refractivity (Wildman–Crippen MR) is 112 cm³/mol. The maximum atomic E-state index is 13.6. The first kappa shape index (κ1) is 18.3. The van der Waals surface area contributed by atoms with E-state index in [0.29, 0.717) is 35.2 Å². The number of benzene rings is 2. The van der Waals surface area contributed by atoms with E-state index in [1.165, 1.54) is 18.3 Å². The number of halogens is 1. The van der Waals surface area contributed by atoms with Gasteiger partial charge in [0.2, 0.25) is 5.91 Å². The number of amides is 2. The molecule has 1 saturated heterocycles. The highest BCUT2D eigenvalue weighted by atomic mass is 19.1. The van der Waals surface area contributed by atoms with Gasteiger partial charge in [0.05, 0.1) is 11.6 Å². The number of likely N-dealkylation sites (tertiary alicyclic amines) is 1. The Labute approximate surface area is 172 Å². The number of pyridine rings is 1. The number of allylic oxidation sites excluding steroid dienone is 1. The van der Waals surface area contributed by atoms with Crippen molar-refractivity contribution in [1.82, 2.24) is 15.2 Å². The van der Waals surface area contributed by atoms with Gasteiger partial charge in [-0.3, -0.25) is 9.59 Å². The molecule has 7 heteroatoms. The summed E-state index contributed by atoms with van der Waals surface area (Å²) in [5.41, 5.74) is 8.83. The number of aromatic nitrogens is 1. The number of carbonyl (C=O) groups is 2. The Balaban J connectivity index is 1.38. The number of nitrogens with zero attached hydrogens (tertiary/aromatic N) is 2. The molecule has 0 saturated carbocycles. The maximum Gasteiger partial charge on any atom is 0.253 e. The van der Waals surface area contributed by atoms with Gasteiger partial charge in [-0.25, -0.2) is 9.37 Å². The lowest BCUT2D eigenvalue weighted by molar-refractivity contribution is -0.131. The molecule has 5 rings (SSSR count). The number of nitrogens with two attached hydrogens (primary N) is 1. The third kappa shape index (κ3) is 3.28. The van der Waals surface area contributed by atoms with E-state index in [2.05, 4.69) is 10.3 Å². The molecule has 0 bridgehead atoms. The van der Waals surface area contributed by atoms with Gasteiger partial charge in [-0.15, -0.1) is 0 Å². The minimum Gasteiger partial charge on any atom is -0.383 e. The van der Waals surface area contributed by atoms with E-state index in [0.717, 1.165) is 23.1 Å². The van der Waals surface area contributed by atoms with Crippen LogP contribution in [0.3, 0.4) is 0 Å². The van der Waals surface area contributed by atoms with E-state index in [4.69, 9.17) is 5.73 Å². The molecule has 150 valence electrons. The van der Waals surface area contributed by atoms with Crippen LogP contribution in [0.2, 0.25) is 0 Å². The lowest BCUT2D eigenvalue weighted by Gasteiger charge is -2.39. The summed E-state index contributed by atoms with van der Waals surface area (Å²) in [5.74, 6) is -0.213. The highest BCUT2D eigenvalue weighted by Crippen LogP contribution is 2.30. The number of anilines is 1. The Morgan fingerprint density at radius 3 is 2.60 bits per heavy atom. The number of hydrogen-bond donors (Lipinski definition) is 2. The second-order valence-electron chi connectivity index (χ2n) is 7.64. The van der Waals surface area contributed by atoms with Crippen LogP contribution in [0.15, 0.2) is 60.3 Å². The molecule has 1 fully saturated rings. The van der Waals surface area contributed by atoms with Crippen LogP contribution in [-0.4, -0.2) is 40.8 Å². The fraction of sp³-hybridized carbons (Fsp3) is 0.174. The summed E-state index contributed by atoms with van der Waals surface area (Å²) < 4.78 is 13.6. The van der Waals surface area contributed by atoms with Gasteiger partial charge in [0.25, 0.3) is 5.91 Å². The number of rotatable bonds is 4. The molecule has 0 unspecified atom stereocenters. The molecular weight excluding hydrogens is 383 g/mol. The fourth-order valence-corrected chi connectivity index (χ4v) is 3.72. The third-order valence-electron chi connectivity index (χ3n) is 5.51. The minimum absolute atomic E-state index is 0.0602. The Bertz CT molecular complexity index is 1230. The van der Waals surface area contributed by atoms with Crippen molar-refractivity contribution in [2.24, 2.45) is 0 Å². The SMILES string of the molecule is Nc1ncc(C(=O)NC2CN(C(=O)C3=CC3)C2)c2ccc(-c3cccc(F)c3)cc12. The van der Waals surface area contributed by atoms with Gasteiger partial charge < -0.3 is 16.0 Å². The smallest absolute Gasteiger partial charge is 0.253 e. The van der Waals surface area contributed by atoms with Gasteiger partial charge in [0.1, 0.15) is 11.6 Å². The second kappa shape index (κ2) is 6.95. The van der Waals surface area contributed by atoms with Crippen LogP contribution in [0.25, 0.3) is 21.9 Å². The van der Waals surface area contributed by atoms with E-state index in [1.807, 2.05) is 24.3 Å². The zero-order chi connectivity index (χ0) is 20.8. The molecule has 1 aliphatic carbocycles. The molecule has 0 spiro atoms. The van der Waals surface area contributed by atoms with Crippen molar-refractivity contribution in [1.29, 1.82) is 0 Å². The first-order valence-electron chi connectivity index (χ1n) is 9.73. The predicted octanol–water partition coefficient (Wildman–Crippen LogP) is 2.89. The summed E-state index contributed by atoms with van der Waals surface area (Å²) in [6, 6.07) is 11.7. The van der Waals surface area contributed by atoms with Crippen molar-refractivity contribution in [3.63, 3.8) is 0 Å². The largest absolute Gasteiger partial charge is 0.383 e. The highest BCUT2D eigenvalue weighted by Gasteiger charge is 2.35. The molecule has 2 heterocycles. The zero-order valence-corrected chi connectivity index (χ0v) is 16.1. The molecule has 2 amide bonds.